The van der Waals surface area contributed by atoms with Gasteiger partial charge in [-0.15, -0.1) is 0 Å². The fourth-order valence-corrected chi connectivity index (χ4v) is 2.71. The van der Waals surface area contributed by atoms with Gasteiger partial charge in [0, 0.05) is 43.6 Å². The molecule has 8 heteroatoms. The molecule has 7 nitrogen and oxygen atoms in total. The molecule has 0 aliphatic carbocycles. The van der Waals surface area contributed by atoms with Crippen LogP contribution in [0.5, 0.6) is 0 Å². The second-order valence-corrected chi connectivity index (χ2v) is 8.10. The van der Waals surface area contributed by atoms with E-state index >= 15 is 0 Å². The Hall–Kier alpha value is -2.09. The lowest BCUT2D eigenvalue weighted by molar-refractivity contribution is -0.130. The highest BCUT2D eigenvalue weighted by Crippen LogP contribution is 2.17. The first-order valence-corrected chi connectivity index (χ1v) is 9.64. The first-order chi connectivity index (χ1) is 12.6. The van der Waals surface area contributed by atoms with Gasteiger partial charge >= 0.3 is 0 Å². The zero-order valence-electron chi connectivity index (χ0n) is 16.7. The Labute approximate surface area is 170 Å². The second kappa shape index (κ2) is 10.9. The summed E-state index contributed by atoms with van der Waals surface area (Å²) in [4.78, 5) is 29.9. The van der Waals surface area contributed by atoms with Gasteiger partial charge in [0.1, 0.15) is 0 Å². The number of aliphatic imine (C=N–C) groups is 1. The minimum atomic E-state index is -0.277. The SMILES string of the molecule is CN=C(NCCC(=O)N(C)Cc1ccccc1Br)NCC(=O)NC(C)(C)C. The van der Waals surface area contributed by atoms with Gasteiger partial charge in [-0.3, -0.25) is 14.6 Å². The Morgan fingerprint density at radius 1 is 1.19 bits per heavy atom. The molecular weight excluding hydrogens is 410 g/mol. The summed E-state index contributed by atoms with van der Waals surface area (Å²) >= 11 is 3.49. The smallest absolute Gasteiger partial charge is 0.239 e. The van der Waals surface area contributed by atoms with Crippen molar-refractivity contribution >= 4 is 33.7 Å². The number of guanidine groups is 1. The van der Waals surface area contributed by atoms with Crippen LogP contribution in [0.15, 0.2) is 33.7 Å². The number of amides is 2. The van der Waals surface area contributed by atoms with E-state index in [0.717, 1.165) is 10.0 Å². The zero-order valence-corrected chi connectivity index (χ0v) is 18.3. The number of benzene rings is 1. The van der Waals surface area contributed by atoms with Gasteiger partial charge < -0.3 is 20.9 Å². The van der Waals surface area contributed by atoms with Crippen LogP contribution in [-0.2, 0) is 16.1 Å². The molecule has 0 heterocycles. The first kappa shape index (κ1) is 23.0. The molecule has 0 atom stereocenters. The van der Waals surface area contributed by atoms with Gasteiger partial charge in [-0.25, -0.2) is 0 Å². The Morgan fingerprint density at radius 2 is 1.85 bits per heavy atom. The van der Waals surface area contributed by atoms with Crippen LogP contribution in [0.2, 0.25) is 0 Å². The third-order valence-electron chi connectivity index (χ3n) is 3.58. The maximum Gasteiger partial charge on any atom is 0.239 e. The zero-order chi connectivity index (χ0) is 20.4. The van der Waals surface area contributed by atoms with Crippen LogP contribution in [0.1, 0.15) is 32.8 Å². The molecule has 0 aromatic heterocycles. The predicted octanol–water partition coefficient (Wildman–Crippen LogP) is 1.88. The summed E-state index contributed by atoms with van der Waals surface area (Å²) in [5, 5.41) is 8.86. The minimum Gasteiger partial charge on any atom is -0.356 e. The number of carbonyl (C=O) groups excluding carboxylic acids is 2. The minimum absolute atomic E-state index is 0.0270. The van der Waals surface area contributed by atoms with E-state index in [4.69, 9.17) is 0 Å². The van der Waals surface area contributed by atoms with E-state index in [9.17, 15) is 9.59 Å². The van der Waals surface area contributed by atoms with E-state index in [2.05, 4.69) is 36.9 Å². The number of nitrogens with zero attached hydrogens (tertiary/aromatic N) is 2. The highest BCUT2D eigenvalue weighted by molar-refractivity contribution is 9.10. The fourth-order valence-electron chi connectivity index (χ4n) is 2.30. The third kappa shape index (κ3) is 9.42. The molecular formula is C19H30BrN5O2. The average molecular weight is 440 g/mol. The summed E-state index contributed by atoms with van der Waals surface area (Å²) in [6.45, 7) is 6.86. The van der Waals surface area contributed by atoms with E-state index in [1.54, 1.807) is 19.0 Å². The first-order valence-electron chi connectivity index (χ1n) is 8.85. The summed E-state index contributed by atoms with van der Waals surface area (Å²) in [6.07, 6.45) is 0.329. The fraction of sp³-hybridized carbons (Fsp3) is 0.526. The van der Waals surface area contributed by atoms with Crippen molar-refractivity contribution in [3.63, 3.8) is 0 Å². The van der Waals surface area contributed by atoms with Crippen LogP contribution < -0.4 is 16.0 Å². The Bertz CT molecular complexity index is 670. The molecule has 150 valence electrons. The molecule has 0 aliphatic rings. The lowest BCUT2D eigenvalue weighted by Gasteiger charge is -2.21. The van der Waals surface area contributed by atoms with Crippen molar-refractivity contribution in [1.29, 1.82) is 0 Å². The molecule has 3 N–H and O–H groups in total. The number of halogens is 1. The average Bonchev–Trinajstić information content (AvgIpc) is 2.58. The topological polar surface area (TPSA) is 85.8 Å². The van der Waals surface area contributed by atoms with Crippen molar-refractivity contribution in [2.75, 3.05) is 27.2 Å². The van der Waals surface area contributed by atoms with Gasteiger partial charge in [0.25, 0.3) is 0 Å². The largest absolute Gasteiger partial charge is 0.356 e. The molecule has 1 aromatic rings. The van der Waals surface area contributed by atoms with Crippen LogP contribution in [0, 0.1) is 0 Å². The Kier molecular flexibility index (Phi) is 9.28. The second-order valence-electron chi connectivity index (χ2n) is 7.24. The van der Waals surface area contributed by atoms with E-state index < -0.39 is 0 Å². The molecule has 1 aromatic carbocycles. The van der Waals surface area contributed by atoms with Crippen LogP contribution in [0.4, 0.5) is 0 Å². The summed E-state index contributed by atoms with van der Waals surface area (Å²) in [7, 11) is 3.41. The third-order valence-corrected chi connectivity index (χ3v) is 4.35. The molecule has 0 unspecified atom stereocenters. The normalized spacial score (nSPS) is 11.7. The molecule has 0 saturated heterocycles. The van der Waals surface area contributed by atoms with Gasteiger partial charge in [0.05, 0.1) is 6.54 Å². The van der Waals surface area contributed by atoms with Crippen molar-refractivity contribution in [1.82, 2.24) is 20.9 Å². The molecule has 0 aliphatic heterocycles. The molecule has 0 bridgehead atoms. The Balaban J connectivity index is 2.36. The molecule has 0 saturated carbocycles. The van der Waals surface area contributed by atoms with Crippen molar-refractivity contribution in [3.8, 4) is 0 Å². The summed E-state index contributed by atoms with van der Waals surface area (Å²) in [6, 6.07) is 7.84. The molecule has 2 amide bonds. The highest BCUT2D eigenvalue weighted by Gasteiger charge is 2.14. The quantitative estimate of drug-likeness (QED) is 0.447. The monoisotopic (exact) mass is 439 g/mol. The molecule has 0 spiro atoms. The van der Waals surface area contributed by atoms with Gasteiger partial charge in [0.15, 0.2) is 5.96 Å². The van der Waals surface area contributed by atoms with E-state index in [1.807, 2.05) is 45.0 Å². The number of rotatable bonds is 7. The van der Waals surface area contributed by atoms with E-state index in [-0.39, 0.29) is 23.9 Å². The summed E-state index contributed by atoms with van der Waals surface area (Å²) in [5.41, 5.74) is 0.782. The number of nitrogens with one attached hydrogen (secondary N) is 3. The van der Waals surface area contributed by atoms with E-state index in [1.165, 1.54) is 0 Å². The lowest BCUT2D eigenvalue weighted by atomic mass is 10.1. The van der Waals surface area contributed by atoms with Gasteiger partial charge in [-0.05, 0) is 32.4 Å². The maximum atomic E-state index is 12.3. The predicted molar refractivity (Wildman–Crippen MR) is 112 cm³/mol. The number of hydrogen-bond donors (Lipinski definition) is 3. The van der Waals surface area contributed by atoms with Crippen molar-refractivity contribution in [2.45, 2.75) is 39.3 Å². The maximum absolute atomic E-state index is 12.3. The van der Waals surface area contributed by atoms with Gasteiger partial charge in [-0.1, -0.05) is 34.1 Å². The number of hydrogen-bond acceptors (Lipinski definition) is 3. The van der Waals surface area contributed by atoms with Crippen LogP contribution in [-0.4, -0.2) is 55.4 Å². The van der Waals surface area contributed by atoms with Crippen LogP contribution in [0.25, 0.3) is 0 Å². The standard InChI is InChI=1S/C19H30BrN5O2/c1-19(2,3)24-16(26)12-23-18(21-4)22-11-10-17(27)25(5)13-14-8-6-7-9-15(14)20/h6-9H,10-13H2,1-5H3,(H,24,26)(H2,21,22,23). The van der Waals surface area contributed by atoms with Gasteiger partial charge in [0.2, 0.25) is 11.8 Å². The van der Waals surface area contributed by atoms with Crippen molar-refractivity contribution in [3.05, 3.63) is 34.3 Å². The molecule has 27 heavy (non-hydrogen) atoms. The molecule has 0 fully saturated rings. The molecule has 1 rings (SSSR count). The van der Waals surface area contributed by atoms with Crippen LogP contribution >= 0.6 is 15.9 Å². The summed E-state index contributed by atoms with van der Waals surface area (Å²) < 4.78 is 0.987. The summed E-state index contributed by atoms with van der Waals surface area (Å²) in [5.74, 6) is 0.397. The molecule has 0 radical (unpaired) electrons. The highest BCUT2D eigenvalue weighted by atomic mass is 79.9. The Morgan fingerprint density at radius 3 is 2.44 bits per heavy atom. The van der Waals surface area contributed by atoms with Crippen LogP contribution in [0.3, 0.4) is 0 Å². The lowest BCUT2D eigenvalue weighted by Crippen LogP contribution is -2.48. The number of carbonyl (C=O) groups is 2. The van der Waals surface area contributed by atoms with E-state index in [0.29, 0.717) is 25.5 Å². The van der Waals surface area contributed by atoms with Crippen molar-refractivity contribution in [2.24, 2.45) is 4.99 Å². The van der Waals surface area contributed by atoms with Gasteiger partial charge in [-0.2, -0.15) is 0 Å². The van der Waals surface area contributed by atoms with Crippen molar-refractivity contribution < 1.29 is 9.59 Å².